The first-order chi connectivity index (χ1) is 14.0. The van der Waals surface area contributed by atoms with Gasteiger partial charge >= 0.3 is 0 Å². The van der Waals surface area contributed by atoms with Gasteiger partial charge in [-0.1, -0.05) is 59.4 Å². The van der Waals surface area contributed by atoms with Gasteiger partial charge in [0.05, 0.1) is 6.04 Å². The molecule has 1 aromatic heterocycles. The normalized spacial score (nSPS) is 11.7. The van der Waals surface area contributed by atoms with Crippen molar-refractivity contribution in [2.24, 2.45) is 0 Å². The third-order valence-corrected chi connectivity index (χ3v) is 5.42. The van der Waals surface area contributed by atoms with Crippen LogP contribution >= 0.6 is 11.3 Å². The van der Waals surface area contributed by atoms with E-state index in [1.165, 1.54) is 11.3 Å². The van der Waals surface area contributed by atoms with Gasteiger partial charge in [-0.05, 0) is 38.0 Å². The average Bonchev–Trinajstić information content (AvgIpc) is 3.19. The maximum Gasteiger partial charge on any atom is 0.286 e. The van der Waals surface area contributed by atoms with Crippen LogP contribution in [-0.4, -0.2) is 22.0 Å². The van der Waals surface area contributed by atoms with Crippen molar-refractivity contribution in [3.8, 4) is 0 Å². The molecule has 0 unspecified atom stereocenters. The van der Waals surface area contributed by atoms with Crippen molar-refractivity contribution in [1.29, 1.82) is 0 Å². The minimum absolute atomic E-state index is 0.00297. The van der Waals surface area contributed by atoms with Crippen molar-refractivity contribution >= 4 is 28.8 Å². The number of aromatic nitrogens is 2. The summed E-state index contributed by atoms with van der Waals surface area (Å²) in [7, 11) is 0. The zero-order valence-electron chi connectivity index (χ0n) is 16.5. The molecular weight excluding hydrogens is 384 g/mol. The zero-order chi connectivity index (χ0) is 20.6. The molecule has 0 spiro atoms. The van der Waals surface area contributed by atoms with Gasteiger partial charge in [0.1, 0.15) is 5.01 Å². The highest BCUT2D eigenvalue weighted by molar-refractivity contribution is 7.13. The van der Waals surface area contributed by atoms with E-state index in [1.807, 2.05) is 68.4 Å². The first kappa shape index (κ1) is 20.7. The number of aryl methyl sites for hydroxylation is 2. The fourth-order valence-corrected chi connectivity index (χ4v) is 3.58. The zero-order valence-corrected chi connectivity index (χ0v) is 17.3. The lowest BCUT2D eigenvalue weighted by molar-refractivity contribution is -0.121. The van der Waals surface area contributed by atoms with Crippen LogP contribution in [0.5, 0.6) is 0 Å². The molecule has 29 heavy (non-hydrogen) atoms. The van der Waals surface area contributed by atoms with E-state index in [0.717, 1.165) is 21.8 Å². The van der Waals surface area contributed by atoms with Gasteiger partial charge in [-0.3, -0.25) is 9.59 Å². The third-order valence-electron chi connectivity index (χ3n) is 4.44. The number of anilines is 1. The monoisotopic (exact) mass is 408 g/mol. The Bertz CT molecular complexity index is 954. The summed E-state index contributed by atoms with van der Waals surface area (Å²) in [5, 5.41) is 14.9. The molecule has 3 aromatic rings. The smallest absolute Gasteiger partial charge is 0.286 e. The minimum atomic E-state index is -0.271. The SMILES string of the molecule is Cc1ccc(NC(=O)c2nnc(CCCC(=O)N[C@@H](C)c3ccccc3)s2)cc1. The first-order valence-corrected chi connectivity index (χ1v) is 10.4. The van der Waals surface area contributed by atoms with Crippen LogP contribution in [0.4, 0.5) is 5.69 Å². The molecule has 0 fully saturated rings. The molecule has 150 valence electrons. The number of carbonyl (C=O) groups is 2. The van der Waals surface area contributed by atoms with E-state index in [1.54, 1.807) is 0 Å². The van der Waals surface area contributed by atoms with E-state index in [9.17, 15) is 9.59 Å². The fraction of sp³-hybridized carbons (Fsp3) is 0.273. The molecule has 1 atom stereocenters. The van der Waals surface area contributed by atoms with E-state index in [2.05, 4.69) is 20.8 Å². The summed E-state index contributed by atoms with van der Waals surface area (Å²) in [5.74, 6) is -0.268. The van der Waals surface area contributed by atoms with Crippen molar-refractivity contribution in [2.75, 3.05) is 5.32 Å². The molecule has 0 saturated carbocycles. The Hall–Kier alpha value is -3.06. The summed E-state index contributed by atoms with van der Waals surface area (Å²) in [6.07, 6.45) is 1.67. The number of amides is 2. The Labute approximate surface area is 174 Å². The van der Waals surface area contributed by atoms with Gasteiger partial charge in [0.15, 0.2) is 0 Å². The van der Waals surface area contributed by atoms with Gasteiger partial charge in [-0.25, -0.2) is 0 Å². The standard InChI is InChI=1S/C22H24N4O2S/c1-15-11-13-18(14-12-15)24-21(28)22-26-25-20(29-22)10-6-9-19(27)23-16(2)17-7-4-3-5-8-17/h3-5,7-8,11-14,16H,6,9-10H2,1-2H3,(H,23,27)(H,24,28)/t16-/m0/s1. The predicted octanol–water partition coefficient (Wildman–Crippen LogP) is 4.30. The second kappa shape index (κ2) is 9.93. The van der Waals surface area contributed by atoms with Crippen molar-refractivity contribution in [2.45, 2.75) is 39.2 Å². The van der Waals surface area contributed by atoms with Crippen molar-refractivity contribution in [1.82, 2.24) is 15.5 Å². The van der Waals surface area contributed by atoms with Gasteiger partial charge in [0.2, 0.25) is 10.9 Å². The molecule has 2 amide bonds. The molecule has 0 aliphatic rings. The average molecular weight is 409 g/mol. The van der Waals surface area contributed by atoms with E-state index in [0.29, 0.717) is 24.3 Å². The highest BCUT2D eigenvalue weighted by Crippen LogP contribution is 2.16. The van der Waals surface area contributed by atoms with Crippen LogP contribution in [0.1, 0.15) is 51.7 Å². The van der Waals surface area contributed by atoms with Crippen molar-refractivity contribution in [3.63, 3.8) is 0 Å². The molecule has 0 aliphatic carbocycles. The summed E-state index contributed by atoms with van der Waals surface area (Å²) < 4.78 is 0. The van der Waals surface area contributed by atoms with Gasteiger partial charge in [0, 0.05) is 18.5 Å². The summed E-state index contributed by atoms with van der Waals surface area (Å²) in [6, 6.07) is 17.4. The van der Waals surface area contributed by atoms with Crippen LogP contribution in [0, 0.1) is 6.92 Å². The van der Waals surface area contributed by atoms with Gasteiger partial charge in [-0.15, -0.1) is 10.2 Å². The topological polar surface area (TPSA) is 84.0 Å². The highest BCUT2D eigenvalue weighted by Gasteiger charge is 2.14. The van der Waals surface area contributed by atoms with Crippen molar-refractivity contribution < 1.29 is 9.59 Å². The van der Waals surface area contributed by atoms with Crippen LogP contribution in [0.15, 0.2) is 54.6 Å². The molecule has 1 heterocycles. The van der Waals surface area contributed by atoms with Crippen LogP contribution in [-0.2, 0) is 11.2 Å². The Balaban J connectivity index is 1.43. The summed E-state index contributed by atoms with van der Waals surface area (Å²) >= 11 is 1.26. The van der Waals surface area contributed by atoms with Crippen LogP contribution in [0.25, 0.3) is 0 Å². The molecular formula is C22H24N4O2S. The Morgan fingerprint density at radius 2 is 1.76 bits per heavy atom. The number of nitrogens with zero attached hydrogens (tertiary/aromatic N) is 2. The summed E-state index contributed by atoms with van der Waals surface area (Å²) in [5.41, 5.74) is 2.93. The fourth-order valence-electron chi connectivity index (χ4n) is 2.81. The molecule has 0 saturated heterocycles. The largest absolute Gasteiger partial charge is 0.350 e. The molecule has 7 heteroatoms. The minimum Gasteiger partial charge on any atom is -0.350 e. The van der Waals surface area contributed by atoms with E-state index in [4.69, 9.17) is 0 Å². The lowest BCUT2D eigenvalue weighted by atomic mass is 10.1. The number of rotatable bonds is 8. The quantitative estimate of drug-likeness (QED) is 0.582. The number of benzene rings is 2. The van der Waals surface area contributed by atoms with Gasteiger partial charge in [0.25, 0.3) is 5.91 Å². The highest BCUT2D eigenvalue weighted by atomic mass is 32.1. The van der Waals surface area contributed by atoms with Crippen molar-refractivity contribution in [3.05, 3.63) is 75.7 Å². The maximum absolute atomic E-state index is 12.3. The number of carbonyl (C=O) groups excluding carboxylic acids is 2. The Kier molecular flexibility index (Phi) is 7.08. The molecule has 0 radical (unpaired) electrons. The Morgan fingerprint density at radius 1 is 1.03 bits per heavy atom. The second-order valence-electron chi connectivity index (χ2n) is 6.87. The lowest BCUT2D eigenvalue weighted by Gasteiger charge is -2.14. The van der Waals surface area contributed by atoms with E-state index < -0.39 is 0 Å². The predicted molar refractivity (Wildman–Crippen MR) is 115 cm³/mol. The van der Waals surface area contributed by atoms with E-state index >= 15 is 0 Å². The molecule has 0 aliphatic heterocycles. The lowest BCUT2D eigenvalue weighted by Crippen LogP contribution is -2.26. The molecule has 2 N–H and O–H groups in total. The van der Waals surface area contributed by atoms with E-state index in [-0.39, 0.29) is 17.9 Å². The summed E-state index contributed by atoms with van der Waals surface area (Å²) in [4.78, 5) is 24.4. The molecule has 6 nitrogen and oxygen atoms in total. The van der Waals surface area contributed by atoms with Crippen LogP contribution < -0.4 is 10.6 Å². The Morgan fingerprint density at radius 3 is 2.48 bits per heavy atom. The van der Waals surface area contributed by atoms with Crippen LogP contribution in [0.2, 0.25) is 0 Å². The summed E-state index contributed by atoms with van der Waals surface area (Å²) in [6.45, 7) is 3.96. The number of hydrogen-bond acceptors (Lipinski definition) is 5. The van der Waals surface area contributed by atoms with Gasteiger partial charge < -0.3 is 10.6 Å². The van der Waals surface area contributed by atoms with Gasteiger partial charge in [-0.2, -0.15) is 0 Å². The molecule has 3 rings (SSSR count). The number of hydrogen-bond donors (Lipinski definition) is 2. The second-order valence-corrected chi connectivity index (χ2v) is 7.94. The number of nitrogens with one attached hydrogen (secondary N) is 2. The van der Waals surface area contributed by atoms with Crippen LogP contribution in [0.3, 0.4) is 0 Å². The molecule has 0 bridgehead atoms. The molecule has 2 aromatic carbocycles. The maximum atomic E-state index is 12.3. The third kappa shape index (κ3) is 6.22. The first-order valence-electron chi connectivity index (χ1n) is 9.56.